The fourth-order valence-electron chi connectivity index (χ4n) is 1.67. The molecule has 100 valence electrons. The van der Waals surface area contributed by atoms with E-state index in [1.165, 1.54) is 23.5 Å². The monoisotopic (exact) mass is 278 g/mol. The van der Waals surface area contributed by atoms with Crippen LogP contribution < -0.4 is 0 Å². The molecule has 1 heterocycles. The van der Waals surface area contributed by atoms with Gasteiger partial charge >= 0.3 is 5.97 Å². The second kappa shape index (κ2) is 5.13. The minimum Gasteiger partial charge on any atom is -0.456 e. The average Bonchev–Trinajstić information content (AvgIpc) is 2.75. The second-order valence-corrected chi connectivity index (χ2v) is 5.95. The van der Waals surface area contributed by atoms with E-state index in [4.69, 9.17) is 4.74 Å². The lowest BCUT2D eigenvalue weighted by molar-refractivity contribution is 0.00710. The lowest BCUT2D eigenvalue weighted by atomic mass is 10.0. The van der Waals surface area contributed by atoms with E-state index in [9.17, 15) is 9.18 Å². The zero-order valence-electron chi connectivity index (χ0n) is 11.1. The van der Waals surface area contributed by atoms with Crippen molar-refractivity contribution in [1.82, 2.24) is 0 Å². The lowest BCUT2D eigenvalue weighted by Gasteiger charge is -2.19. The molecule has 0 fully saturated rings. The molecule has 0 bridgehead atoms. The molecule has 2 aromatic rings. The van der Waals surface area contributed by atoms with Gasteiger partial charge in [-0.15, -0.1) is 0 Å². The van der Waals surface area contributed by atoms with Crippen LogP contribution in [0.4, 0.5) is 4.39 Å². The Morgan fingerprint density at radius 1 is 1.26 bits per heavy atom. The van der Waals surface area contributed by atoms with E-state index in [1.54, 1.807) is 17.5 Å². The number of halogens is 1. The number of benzene rings is 1. The number of thiophene rings is 1. The van der Waals surface area contributed by atoms with E-state index in [-0.39, 0.29) is 11.8 Å². The standard InChI is InChI=1S/C15H15FO2S/c1-15(2,3)18-14(17)13-9-19-8-12(13)10-5-4-6-11(16)7-10/h4-9H,1-3H3. The van der Waals surface area contributed by atoms with Crippen LogP contribution in [0.2, 0.25) is 0 Å². The first-order chi connectivity index (χ1) is 8.87. The molecule has 0 radical (unpaired) electrons. The predicted molar refractivity (Wildman–Crippen MR) is 74.9 cm³/mol. The number of esters is 1. The first-order valence-electron chi connectivity index (χ1n) is 5.92. The van der Waals surface area contributed by atoms with Gasteiger partial charge in [0.1, 0.15) is 11.4 Å². The summed E-state index contributed by atoms with van der Waals surface area (Å²) < 4.78 is 18.6. The molecular formula is C15H15FO2S. The fraction of sp³-hybridized carbons (Fsp3) is 0.267. The van der Waals surface area contributed by atoms with Crippen molar-refractivity contribution < 1.29 is 13.9 Å². The van der Waals surface area contributed by atoms with Crippen LogP contribution in [-0.2, 0) is 4.74 Å². The van der Waals surface area contributed by atoms with Crippen molar-refractivity contribution >= 4 is 17.3 Å². The van der Waals surface area contributed by atoms with Crippen molar-refractivity contribution in [3.63, 3.8) is 0 Å². The zero-order chi connectivity index (χ0) is 14.0. The van der Waals surface area contributed by atoms with Gasteiger partial charge in [0.2, 0.25) is 0 Å². The molecule has 0 aliphatic rings. The SMILES string of the molecule is CC(C)(C)OC(=O)c1cscc1-c1cccc(F)c1. The molecule has 0 atom stereocenters. The minimum absolute atomic E-state index is 0.321. The molecule has 0 N–H and O–H groups in total. The van der Waals surface area contributed by atoms with Crippen molar-refractivity contribution in [3.05, 3.63) is 46.4 Å². The molecule has 0 unspecified atom stereocenters. The summed E-state index contributed by atoms with van der Waals surface area (Å²) in [6.45, 7) is 5.46. The number of hydrogen-bond acceptors (Lipinski definition) is 3. The largest absolute Gasteiger partial charge is 0.456 e. The van der Waals surface area contributed by atoms with Crippen molar-refractivity contribution in [2.45, 2.75) is 26.4 Å². The van der Waals surface area contributed by atoms with E-state index in [2.05, 4.69) is 0 Å². The summed E-state index contributed by atoms with van der Waals surface area (Å²) in [5, 5.41) is 3.56. The first kappa shape index (κ1) is 13.7. The Bertz CT molecular complexity index is 596. The number of carbonyl (C=O) groups excluding carboxylic acids is 1. The molecule has 0 aliphatic heterocycles. The molecule has 4 heteroatoms. The van der Waals surface area contributed by atoms with Crippen molar-refractivity contribution in [1.29, 1.82) is 0 Å². The van der Waals surface area contributed by atoms with Crippen molar-refractivity contribution in [2.24, 2.45) is 0 Å². The fourth-order valence-corrected chi connectivity index (χ4v) is 2.49. The van der Waals surface area contributed by atoms with E-state index >= 15 is 0 Å². The Morgan fingerprint density at radius 3 is 2.63 bits per heavy atom. The van der Waals surface area contributed by atoms with Gasteiger partial charge in [0.15, 0.2) is 0 Å². The predicted octanol–water partition coefficient (Wildman–Crippen LogP) is 4.51. The van der Waals surface area contributed by atoms with E-state index in [0.717, 1.165) is 0 Å². The number of ether oxygens (including phenoxy) is 1. The molecule has 1 aromatic carbocycles. The number of rotatable bonds is 2. The maximum atomic E-state index is 13.3. The summed E-state index contributed by atoms with van der Waals surface area (Å²) in [7, 11) is 0. The molecule has 2 nitrogen and oxygen atoms in total. The summed E-state index contributed by atoms with van der Waals surface area (Å²) in [4.78, 5) is 12.1. The summed E-state index contributed by atoms with van der Waals surface area (Å²) >= 11 is 1.40. The second-order valence-electron chi connectivity index (χ2n) is 5.21. The van der Waals surface area contributed by atoms with Gasteiger partial charge in [0.25, 0.3) is 0 Å². The summed E-state index contributed by atoms with van der Waals surface area (Å²) in [6, 6.07) is 6.19. The molecular weight excluding hydrogens is 263 g/mol. The van der Waals surface area contributed by atoms with Crippen LogP contribution in [0.25, 0.3) is 11.1 Å². The van der Waals surface area contributed by atoms with Crippen LogP contribution in [-0.4, -0.2) is 11.6 Å². The highest BCUT2D eigenvalue weighted by Gasteiger charge is 2.21. The Labute approximate surface area is 115 Å². The van der Waals surface area contributed by atoms with Crippen molar-refractivity contribution in [2.75, 3.05) is 0 Å². The summed E-state index contributed by atoms with van der Waals surface area (Å²) in [5.41, 5.74) is 1.32. The Morgan fingerprint density at radius 2 is 2.00 bits per heavy atom. The third kappa shape index (κ3) is 3.41. The van der Waals surface area contributed by atoms with Crippen LogP contribution in [0, 0.1) is 5.82 Å². The summed E-state index contributed by atoms with van der Waals surface area (Å²) in [6.07, 6.45) is 0. The maximum Gasteiger partial charge on any atom is 0.340 e. The van der Waals surface area contributed by atoms with E-state index in [0.29, 0.717) is 16.7 Å². The smallest absolute Gasteiger partial charge is 0.340 e. The van der Waals surface area contributed by atoms with Gasteiger partial charge in [-0.05, 0) is 43.8 Å². The van der Waals surface area contributed by atoms with Gasteiger partial charge in [-0.2, -0.15) is 11.3 Å². The topological polar surface area (TPSA) is 26.3 Å². The normalized spacial score (nSPS) is 11.4. The van der Waals surface area contributed by atoms with Gasteiger partial charge < -0.3 is 4.74 Å². The molecule has 19 heavy (non-hydrogen) atoms. The van der Waals surface area contributed by atoms with Crippen LogP contribution >= 0.6 is 11.3 Å². The van der Waals surface area contributed by atoms with Gasteiger partial charge in [0, 0.05) is 10.9 Å². The average molecular weight is 278 g/mol. The molecule has 1 aromatic heterocycles. The Balaban J connectivity index is 2.35. The van der Waals surface area contributed by atoms with E-state index in [1.807, 2.05) is 26.2 Å². The van der Waals surface area contributed by atoms with Crippen LogP contribution in [0.15, 0.2) is 35.0 Å². The van der Waals surface area contributed by atoms with Crippen molar-refractivity contribution in [3.8, 4) is 11.1 Å². The Kier molecular flexibility index (Phi) is 3.71. The lowest BCUT2D eigenvalue weighted by Crippen LogP contribution is -2.23. The van der Waals surface area contributed by atoms with Crippen LogP contribution in [0.1, 0.15) is 31.1 Å². The minimum atomic E-state index is -0.543. The maximum absolute atomic E-state index is 13.3. The number of carbonyl (C=O) groups is 1. The van der Waals surface area contributed by atoms with Gasteiger partial charge in [-0.1, -0.05) is 12.1 Å². The molecule has 0 saturated heterocycles. The van der Waals surface area contributed by atoms with Crippen LogP contribution in [0.5, 0.6) is 0 Å². The molecule has 2 rings (SSSR count). The quantitative estimate of drug-likeness (QED) is 0.755. The zero-order valence-corrected chi connectivity index (χ0v) is 11.9. The van der Waals surface area contributed by atoms with Gasteiger partial charge in [0.05, 0.1) is 5.56 Å². The summed E-state index contributed by atoms with van der Waals surface area (Å²) in [5.74, 6) is -0.702. The highest BCUT2D eigenvalue weighted by atomic mass is 32.1. The third-order valence-electron chi connectivity index (χ3n) is 2.42. The first-order valence-corrected chi connectivity index (χ1v) is 6.86. The third-order valence-corrected chi connectivity index (χ3v) is 3.16. The van der Waals surface area contributed by atoms with Crippen LogP contribution in [0.3, 0.4) is 0 Å². The molecule has 0 saturated carbocycles. The van der Waals surface area contributed by atoms with E-state index < -0.39 is 5.60 Å². The Hall–Kier alpha value is -1.68. The molecule has 0 spiro atoms. The van der Waals surface area contributed by atoms with Gasteiger partial charge in [-0.25, -0.2) is 9.18 Å². The number of hydrogen-bond donors (Lipinski definition) is 0. The highest BCUT2D eigenvalue weighted by Crippen LogP contribution is 2.29. The highest BCUT2D eigenvalue weighted by molar-refractivity contribution is 7.08. The van der Waals surface area contributed by atoms with Gasteiger partial charge in [-0.3, -0.25) is 0 Å². The molecule has 0 aliphatic carbocycles. The molecule has 0 amide bonds.